The largest absolute Gasteiger partial charge is 0.478 e. The Morgan fingerprint density at radius 3 is 2.70 bits per heavy atom. The Kier molecular flexibility index (Phi) is 3.84. The van der Waals surface area contributed by atoms with Crippen molar-refractivity contribution in [3.8, 4) is 0 Å². The molecular weight excluding hydrogens is 335 g/mol. The molecule has 2 aliphatic heterocycles. The predicted octanol–water partition coefficient (Wildman–Crippen LogP) is 3.73. The molecule has 1 saturated heterocycles. The third-order valence-electron chi connectivity index (χ3n) is 4.24. The third kappa shape index (κ3) is 2.70. The highest BCUT2D eigenvalue weighted by Crippen LogP contribution is 2.51. The minimum atomic E-state index is -4.52. The van der Waals surface area contributed by atoms with E-state index in [1.807, 2.05) is 0 Å². The van der Waals surface area contributed by atoms with E-state index < -0.39 is 23.9 Å². The van der Waals surface area contributed by atoms with Gasteiger partial charge in [-0.15, -0.1) is 10.2 Å². The van der Waals surface area contributed by atoms with Gasteiger partial charge in [0.15, 0.2) is 0 Å². The van der Waals surface area contributed by atoms with Gasteiger partial charge >= 0.3 is 12.1 Å². The Hall–Kier alpha value is -1.67. The lowest BCUT2D eigenvalue weighted by molar-refractivity contribution is -0.177. The number of alkyl halides is 3. The zero-order valence-electron chi connectivity index (χ0n) is 11.8. The average Bonchev–Trinajstić information content (AvgIpc) is 3.15. The lowest BCUT2D eigenvalue weighted by Crippen LogP contribution is -2.50. The molecule has 5 nitrogen and oxygen atoms in total. The van der Waals surface area contributed by atoms with Gasteiger partial charge < -0.3 is 5.11 Å². The maximum atomic E-state index is 13.2. The second kappa shape index (κ2) is 5.45. The fourth-order valence-electron chi connectivity index (χ4n) is 3.05. The predicted molar refractivity (Wildman–Crippen MR) is 75.5 cm³/mol. The molecule has 0 radical (unpaired) electrons. The van der Waals surface area contributed by atoms with Crippen LogP contribution in [0.2, 0.25) is 5.02 Å². The van der Waals surface area contributed by atoms with Crippen LogP contribution < -0.4 is 0 Å². The SMILES string of the molecule is O=C(O)c1cccc(CN2CCCC2C2(C(F)(F)F)N=N2)c1Cl. The van der Waals surface area contributed by atoms with Gasteiger partial charge in [0.1, 0.15) is 0 Å². The summed E-state index contributed by atoms with van der Waals surface area (Å²) in [6.45, 7) is 0.592. The Labute approximate surface area is 134 Å². The number of carbonyl (C=O) groups is 1. The zero-order valence-corrected chi connectivity index (χ0v) is 12.6. The van der Waals surface area contributed by atoms with Crippen molar-refractivity contribution in [1.82, 2.24) is 4.90 Å². The van der Waals surface area contributed by atoms with Crippen molar-refractivity contribution < 1.29 is 23.1 Å². The molecule has 0 bridgehead atoms. The van der Waals surface area contributed by atoms with Gasteiger partial charge in [-0.1, -0.05) is 23.7 Å². The molecule has 0 aromatic heterocycles. The summed E-state index contributed by atoms with van der Waals surface area (Å²) in [6, 6.07) is 3.64. The molecule has 0 amide bonds. The van der Waals surface area contributed by atoms with Crippen LogP contribution in [0.3, 0.4) is 0 Å². The van der Waals surface area contributed by atoms with Crippen molar-refractivity contribution in [2.24, 2.45) is 10.2 Å². The first-order valence-electron chi connectivity index (χ1n) is 7.02. The summed E-state index contributed by atoms with van der Waals surface area (Å²) in [5, 5.41) is 15.7. The Morgan fingerprint density at radius 2 is 2.13 bits per heavy atom. The Balaban J connectivity index is 1.83. The lowest BCUT2D eigenvalue weighted by atomic mass is 10.0. The smallest absolute Gasteiger partial charge is 0.439 e. The van der Waals surface area contributed by atoms with E-state index in [0.29, 0.717) is 24.9 Å². The van der Waals surface area contributed by atoms with Gasteiger partial charge in [0.05, 0.1) is 16.6 Å². The van der Waals surface area contributed by atoms with Crippen molar-refractivity contribution in [2.45, 2.75) is 37.3 Å². The normalized spacial score (nSPS) is 23.2. The molecule has 1 aromatic carbocycles. The number of carboxylic acids is 1. The molecule has 1 fully saturated rings. The second-order valence-electron chi connectivity index (χ2n) is 5.64. The van der Waals surface area contributed by atoms with Crippen LogP contribution in [0.5, 0.6) is 0 Å². The highest BCUT2D eigenvalue weighted by Gasteiger charge is 2.69. The first kappa shape index (κ1) is 16.2. The third-order valence-corrected chi connectivity index (χ3v) is 4.69. The molecule has 124 valence electrons. The van der Waals surface area contributed by atoms with E-state index in [0.717, 1.165) is 0 Å². The average molecular weight is 348 g/mol. The Morgan fingerprint density at radius 1 is 1.43 bits per heavy atom. The fourth-order valence-corrected chi connectivity index (χ4v) is 3.31. The molecular formula is C14H13ClF3N3O2. The van der Waals surface area contributed by atoms with Crippen molar-refractivity contribution in [1.29, 1.82) is 0 Å². The van der Waals surface area contributed by atoms with Gasteiger partial charge in [-0.3, -0.25) is 4.90 Å². The molecule has 0 spiro atoms. The van der Waals surface area contributed by atoms with Gasteiger partial charge in [-0.05, 0) is 31.0 Å². The number of hydrogen-bond donors (Lipinski definition) is 1. The molecule has 1 unspecified atom stereocenters. The maximum absolute atomic E-state index is 13.2. The van der Waals surface area contributed by atoms with Gasteiger partial charge in [0.25, 0.3) is 5.66 Å². The molecule has 3 rings (SSSR count). The van der Waals surface area contributed by atoms with Crippen molar-refractivity contribution in [3.05, 3.63) is 34.3 Å². The fraction of sp³-hybridized carbons (Fsp3) is 0.500. The number of rotatable bonds is 4. The zero-order chi connectivity index (χ0) is 16.8. The van der Waals surface area contributed by atoms with Crippen LogP contribution in [-0.2, 0) is 6.54 Å². The summed E-state index contributed by atoms with van der Waals surface area (Å²) in [5.74, 6) is -1.17. The minimum absolute atomic E-state index is 0.0522. The highest BCUT2D eigenvalue weighted by atomic mass is 35.5. The topological polar surface area (TPSA) is 65.3 Å². The first-order chi connectivity index (χ1) is 10.8. The summed E-state index contributed by atoms with van der Waals surface area (Å²) in [6.07, 6.45) is -3.58. The molecule has 9 heteroatoms. The molecule has 23 heavy (non-hydrogen) atoms. The van der Waals surface area contributed by atoms with E-state index >= 15 is 0 Å². The molecule has 1 atom stereocenters. The van der Waals surface area contributed by atoms with Crippen LogP contribution in [0.4, 0.5) is 13.2 Å². The molecule has 1 N–H and O–H groups in total. The van der Waals surface area contributed by atoms with Gasteiger partial charge in [-0.25, -0.2) is 4.79 Å². The Bertz CT molecular complexity index is 672. The lowest BCUT2D eigenvalue weighted by Gasteiger charge is -2.30. The van der Waals surface area contributed by atoms with Crippen LogP contribution in [-0.4, -0.2) is 40.4 Å². The second-order valence-corrected chi connectivity index (χ2v) is 6.01. The number of nitrogens with zero attached hydrogens (tertiary/aromatic N) is 3. The molecule has 1 aromatic rings. The van der Waals surface area contributed by atoms with Gasteiger partial charge in [-0.2, -0.15) is 13.2 Å². The van der Waals surface area contributed by atoms with E-state index in [2.05, 4.69) is 10.2 Å². The van der Waals surface area contributed by atoms with E-state index in [1.54, 1.807) is 11.0 Å². The van der Waals surface area contributed by atoms with Crippen LogP contribution in [0.15, 0.2) is 28.4 Å². The van der Waals surface area contributed by atoms with E-state index in [4.69, 9.17) is 16.7 Å². The minimum Gasteiger partial charge on any atom is -0.478 e. The molecule has 2 aliphatic rings. The molecule has 0 aliphatic carbocycles. The maximum Gasteiger partial charge on any atom is 0.439 e. The standard InChI is InChI=1S/C14H13ClF3N3O2/c15-11-8(3-1-4-9(11)12(22)23)7-21-6-2-5-10(21)13(19-20-13)14(16,17)18/h1,3-4,10H,2,5-7H2,(H,22,23). The van der Waals surface area contributed by atoms with E-state index in [1.165, 1.54) is 12.1 Å². The van der Waals surface area contributed by atoms with Crippen LogP contribution in [0.1, 0.15) is 28.8 Å². The number of aromatic carboxylic acids is 1. The number of halogens is 4. The number of benzene rings is 1. The summed E-state index contributed by atoms with van der Waals surface area (Å²) >= 11 is 6.07. The van der Waals surface area contributed by atoms with Crippen LogP contribution in [0.25, 0.3) is 0 Å². The summed E-state index contributed by atoms with van der Waals surface area (Å²) in [4.78, 5) is 12.7. The summed E-state index contributed by atoms with van der Waals surface area (Å²) in [5.41, 5.74) is -1.91. The number of hydrogen-bond acceptors (Lipinski definition) is 4. The monoisotopic (exact) mass is 347 g/mol. The van der Waals surface area contributed by atoms with Gasteiger partial charge in [0, 0.05) is 6.54 Å². The quantitative estimate of drug-likeness (QED) is 0.902. The number of likely N-dealkylation sites (tertiary alicyclic amines) is 1. The van der Waals surface area contributed by atoms with Crippen LogP contribution in [0, 0.1) is 0 Å². The molecule has 2 heterocycles. The van der Waals surface area contributed by atoms with Crippen molar-refractivity contribution in [3.63, 3.8) is 0 Å². The first-order valence-corrected chi connectivity index (χ1v) is 7.39. The van der Waals surface area contributed by atoms with Crippen molar-refractivity contribution >= 4 is 17.6 Å². The number of carboxylic acid groups (broad SMARTS) is 1. The summed E-state index contributed by atoms with van der Waals surface area (Å²) < 4.78 is 39.6. The highest BCUT2D eigenvalue weighted by molar-refractivity contribution is 6.34. The van der Waals surface area contributed by atoms with Crippen molar-refractivity contribution in [2.75, 3.05) is 6.54 Å². The van der Waals surface area contributed by atoms with E-state index in [9.17, 15) is 18.0 Å². The molecule has 0 saturated carbocycles. The van der Waals surface area contributed by atoms with E-state index in [-0.39, 0.29) is 17.1 Å². The van der Waals surface area contributed by atoms with Crippen LogP contribution >= 0.6 is 11.6 Å². The summed E-state index contributed by atoms with van der Waals surface area (Å²) in [7, 11) is 0. The van der Waals surface area contributed by atoms with Gasteiger partial charge in [0.2, 0.25) is 0 Å².